The normalized spacial score (nSPS) is 15.6. The van der Waals surface area contributed by atoms with Crippen LogP contribution >= 0.6 is 0 Å². The smallest absolute Gasteiger partial charge is 0.239 e. The summed E-state index contributed by atoms with van der Waals surface area (Å²) in [7, 11) is 1.60. The van der Waals surface area contributed by atoms with Gasteiger partial charge in [0.1, 0.15) is 11.4 Å². The molecule has 0 aromatic carbocycles. The van der Waals surface area contributed by atoms with Crippen molar-refractivity contribution in [1.29, 1.82) is 10.8 Å². The minimum atomic E-state index is -0.120. The maximum atomic E-state index is 8.02. The Morgan fingerprint density at radius 1 is 1.32 bits per heavy atom. The van der Waals surface area contributed by atoms with Crippen molar-refractivity contribution in [2.45, 2.75) is 32.6 Å². The van der Waals surface area contributed by atoms with Gasteiger partial charge in [-0.3, -0.25) is 15.8 Å². The molecular weight excluding hydrogens is 282 g/mol. The second-order valence-corrected chi connectivity index (χ2v) is 5.65. The Morgan fingerprint density at radius 2 is 2.00 bits per heavy atom. The summed E-state index contributed by atoms with van der Waals surface area (Å²) in [6.45, 7) is 5.39. The first-order valence-electron chi connectivity index (χ1n) is 7.49. The van der Waals surface area contributed by atoms with Gasteiger partial charge in [0.2, 0.25) is 5.90 Å². The van der Waals surface area contributed by atoms with Gasteiger partial charge in [0, 0.05) is 37.0 Å². The maximum Gasteiger partial charge on any atom is 0.239 e. The summed E-state index contributed by atoms with van der Waals surface area (Å²) in [6.07, 6.45) is 3.22. The molecule has 1 aromatic rings. The predicted octanol–water partition coefficient (Wildman–Crippen LogP) is 2.96. The first-order chi connectivity index (χ1) is 10.5. The highest BCUT2D eigenvalue weighted by molar-refractivity contribution is 5.98. The van der Waals surface area contributed by atoms with Crippen molar-refractivity contribution in [2.24, 2.45) is 5.92 Å². The Bertz CT molecular complexity index is 552. The first-order valence-corrected chi connectivity index (χ1v) is 7.49. The van der Waals surface area contributed by atoms with E-state index in [-0.39, 0.29) is 23.6 Å². The van der Waals surface area contributed by atoms with Crippen LogP contribution < -0.4 is 4.74 Å². The lowest BCUT2D eigenvalue weighted by Gasteiger charge is -2.22. The minimum absolute atomic E-state index is 0.0194. The molecule has 1 aliphatic heterocycles. The number of methoxy groups -OCH3 is 1. The Kier molecular flexibility index (Phi) is 5.49. The van der Waals surface area contributed by atoms with Crippen LogP contribution in [0.25, 0.3) is 0 Å². The quantitative estimate of drug-likeness (QED) is 0.661. The van der Waals surface area contributed by atoms with Gasteiger partial charge in [0.15, 0.2) is 5.90 Å². The molecule has 1 aromatic heterocycles. The van der Waals surface area contributed by atoms with Crippen LogP contribution in [0.15, 0.2) is 12.3 Å². The Morgan fingerprint density at radius 3 is 2.59 bits per heavy atom. The Labute approximate surface area is 130 Å². The van der Waals surface area contributed by atoms with E-state index in [1.165, 1.54) is 0 Å². The summed E-state index contributed by atoms with van der Waals surface area (Å²) in [4.78, 5) is 4.26. The Hall–Kier alpha value is -1.95. The van der Waals surface area contributed by atoms with Crippen LogP contribution in [0.4, 0.5) is 0 Å². The van der Waals surface area contributed by atoms with Gasteiger partial charge in [0.05, 0.1) is 7.11 Å². The molecule has 1 fully saturated rings. The molecule has 6 nitrogen and oxygen atoms in total. The van der Waals surface area contributed by atoms with E-state index in [4.69, 9.17) is 25.0 Å². The predicted molar refractivity (Wildman–Crippen MR) is 84.1 cm³/mol. The molecule has 0 saturated carbocycles. The third-order valence-corrected chi connectivity index (χ3v) is 3.77. The lowest BCUT2D eigenvalue weighted by Crippen LogP contribution is -2.27. The van der Waals surface area contributed by atoms with Gasteiger partial charge >= 0.3 is 0 Å². The molecule has 0 bridgehead atoms. The van der Waals surface area contributed by atoms with E-state index >= 15 is 0 Å². The van der Waals surface area contributed by atoms with E-state index in [0.29, 0.717) is 24.7 Å². The molecule has 120 valence electrons. The molecule has 0 atom stereocenters. The highest BCUT2D eigenvalue weighted by Gasteiger charge is 2.22. The topological polar surface area (TPSA) is 88.3 Å². The molecular formula is C16H23N3O3. The van der Waals surface area contributed by atoms with E-state index < -0.39 is 0 Å². The van der Waals surface area contributed by atoms with Crippen molar-refractivity contribution >= 4 is 11.8 Å². The van der Waals surface area contributed by atoms with Gasteiger partial charge in [-0.2, -0.15) is 0 Å². The fraction of sp³-hybridized carbons (Fsp3) is 0.562. The Balaban J connectivity index is 2.07. The van der Waals surface area contributed by atoms with Crippen LogP contribution in [-0.4, -0.2) is 37.1 Å². The summed E-state index contributed by atoms with van der Waals surface area (Å²) in [5.41, 5.74) is 1.36. The van der Waals surface area contributed by atoms with Crippen molar-refractivity contribution < 1.29 is 14.2 Å². The number of pyridine rings is 1. The van der Waals surface area contributed by atoms with Gasteiger partial charge in [-0.1, -0.05) is 13.8 Å². The molecule has 0 radical (unpaired) electrons. The third-order valence-electron chi connectivity index (χ3n) is 3.77. The number of aromatic nitrogens is 1. The molecule has 0 amide bonds. The van der Waals surface area contributed by atoms with Gasteiger partial charge < -0.3 is 14.2 Å². The summed E-state index contributed by atoms with van der Waals surface area (Å²) in [6, 6.07) is 1.69. The lowest BCUT2D eigenvalue weighted by atomic mass is 10.0. The molecule has 2 N–H and O–H groups in total. The fourth-order valence-electron chi connectivity index (χ4n) is 2.39. The molecule has 2 heterocycles. The average Bonchev–Trinajstić information content (AvgIpc) is 2.54. The summed E-state index contributed by atoms with van der Waals surface area (Å²) < 4.78 is 16.0. The molecule has 0 spiro atoms. The van der Waals surface area contributed by atoms with Crippen molar-refractivity contribution in [3.8, 4) is 5.75 Å². The van der Waals surface area contributed by atoms with Gasteiger partial charge in [0.25, 0.3) is 0 Å². The van der Waals surface area contributed by atoms with Crippen LogP contribution in [0.2, 0.25) is 0 Å². The van der Waals surface area contributed by atoms with Crippen molar-refractivity contribution in [2.75, 3.05) is 20.3 Å². The SMILES string of the molecule is COc1cc(C(=N)OC(=N)C2CCOCC2)ncc1C(C)C. The number of nitrogens with zero attached hydrogens (tertiary/aromatic N) is 1. The van der Waals surface area contributed by atoms with E-state index in [2.05, 4.69) is 18.8 Å². The molecule has 6 heteroatoms. The molecule has 1 aliphatic rings. The van der Waals surface area contributed by atoms with Gasteiger partial charge in [-0.05, 0) is 18.8 Å². The number of hydrogen-bond acceptors (Lipinski definition) is 6. The largest absolute Gasteiger partial charge is 0.496 e. The zero-order chi connectivity index (χ0) is 16.1. The molecule has 2 rings (SSSR count). The number of hydrogen-bond donors (Lipinski definition) is 2. The second kappa shape index (κ2) is 7.35. The lowest BCUT2D eigenvalue weighted by molar-refractivity contribution is 0.0788. The van der Waals surface area contributed by atoms with Crippen LogP contribution in [0.3, 0.4) is 0 Å². The summed E-state index contributed by atoms with van der Waals surface area (Å²) >= 11 is 0. The molecule has 0 aliphatic carbocycles. The van der Waals surface area contributed by atoms with Crippen molar-refractivity contribution in [3.05, 3.63) is 23.5 Å². The van der Waals surface area contributed by atoms with Crippen LogP contribution in [0, 0.1) is 16.7 Å². The maximum absolute atomic E-state index is 8.02. The highest BCUT2D eigenvalue weighted by Crippen LogP contribution is 2.26. The van der Waals surface area contributed by atoms with Crippen LogP contribution in [0.1, 0.15) is 43.9 Å². The zero-order valence-electron chi connectivity index (χ0n) is 13.3. The van der Waals surface area contributed by atoms with Crippen LogP contribution in [0.5, 0.6) is 5.75 Å². The number of ether oxygens (including phenoxy) is 3. The standard InChI is InChI=1S/C16H23N3O3/c1-10(2)12-9-19-13(8-14(12)20-3)16(18)22-15(17)11-4-6-21-7-5-11/h8-11,17-18H,4-7H2,1-3H3. The monoisotopic (exact) mass is 305 g/mol. The van der Waals surface area contributed by atoms with E-state index in [1.807, 2.05) is 0 Å². The van der Waals surface area contributed by atoms with Crippen molar-refractivity contribution in [1.82, 2.24) is 4.98 Å². The van der Waals surface area contributed by atoms with Crippen LogP contribution in [-0.2, 0) is 9.47 Å². The van der Waals surface area contributed by atoms with E-state index in [9.17, 15) is 0 Å². The minimum Gasteiger partial charge on any atom is -0.496 e. The van der Waals surface area contributed by atoms with Crippen molar-refractivity contribution in [3.63, 3.8) is 0 Å². The summed E-state index contributed by atoms with van der Waals surface area (Å²) in [5.74, 6) is 0.983. The zero-order valence-corrected chi connectivity index (χ0v) is 13.3. The van der Waals surface area contributed by atoms with E-state index in [0.717, 1.165) is 18.4 Å². The first kappa shape index (κ1) is 16.4. The highest BCUT2D eigenvalue weighted by atomic mass is 16.5. The molecule has 22 heavy (non-hydrogen) atoms. The fourth-order valence-corrected chi connectivity index (χ4v) is 2.39. The number of nitrogens with one attached hydrogen (secondary N) is 2. The van der Waals surface area contributed by atoms with E-state index in [1.54, 1.807) is 19.4 Å². The second-order valence-electron chi connectivity index (χ2n) is 5.65. The molecule has 1 saturated heterocycles. The van der Waals surface area contributed by atoms with Gasteiger partial charge in [-0.25, -0.2) is 0 Å². The van der Waals surface area contributed by atoms with Gasteiger partial charge in [-0.15, -0.1) is 0 Å². The summed E-state index contributed by atoms with van der Waals surface area (Å²) in [5, 5.41) is 16.0. The molecule has 0 unspecified atom stereocenters. The third kappa shape index (κ3) is 3.82. The average molecular weight is 305 g/mol. The number of rotatable bonds is 4.